The first-order valence-electron chi connectivity index (χ1n) is 3.31. The van der Waals surface area contributed by atoms with Crippen LogP contribution in [0.3, 0.4) is 0 Å². The topological polar surface area (TPSA) is 0 Å². The van der Waals surface area contributed by atoms with Crippen molar-refractivity contribution in [1.29, 1.82) is 0 Å². The Hall–Kier alpha value is -0.460. The molecular formula is C9H8Cl2. The summed E-state index contributed by atoms with van der Waals surface area (Å²) in [7, 11) is 0. The average molecular weight is 187 g/mol. The van der Waals surface area contributed by atoms with Crippen molar-refractivity contribution in [3.8, 4) is 0 Å². The fourth-order valence-electron chi connectivity index (χ4n) is 0.782. The summed E-state index contributed by atoms with van der Waals surface area (Å²) in [5.74, 6) is 0.519. The van der Waals surface area contributed by atoms with Gasteiger partial charge in [0.15, 0.2) is 0 Å². The summed E-state index contributed by atoms with van der Waals surface area (Å²) in [5.41, 5.74) is 1.01. The third kappa shape index (κ3) is 2.57. The fourth-order valence-corrected chi connectivity index (χ4v) is 1.07. The van der Waals surface area contributed by atoms with Crippen LogP contribution < -0.4 is 0 Å². The molecule has 1 aromatic carbocycles. The van der Waals surface area contributed by atoms with Gasteiger partial charge in [0.25, 0.3) is 0 Å². The summed E-state index contributed by atoms with van der Waals surface area (Å²) in [6.45, 7) is 0. The third-order valence-corrected chi connectivity index (χ3v) is 1.81. The predicted octanol–water partition coefficient (Wildman–Crippen LogP) is 3.59. The Morgan fingerprint density at radius 3 is 2.64 bits per heavy atom. The van der Waals surface area contributed by atoms with E-state index in [1.165, 1.54) is 0 Å². The van der Waals surface area contributed by atoms with Crippen LogP contribution >= 0.6 is 23.2 Å². The molecule has 0 aliphatic heterocycles. The van der Waals surface area contributed by atoms with Gasteiger partial charge in [-0.25, -0.2) is 0 Å². The SMILES string of the molecule is ClC/C=C\c1ccccc1Cl. The van der Waals surface area contributed by atoms with E-state index >= 15 is 0 Å². The highest BCUT2D eigenvalue weighted by molar-refractivity contribution is 6.32. The molecule has 1 rings (SSSR count). The van der Waals surface area contributed by atoms with Crippen LogP contribution in [0.2, 0.25) is 5.02 Å². The second kappa shape index (κ2) is 4.42. The molecule has 0 aromatic heterocycles. The van der Waals surface area contributed by atoms with Crippen molar-refractivity contribution in [3.05, 3.63) is 40.9 Å². The van der Waals surface area contributed by atoms with Gasteiger partial charge in [-0.1, -0.05) is 42.0 Å². The highest BCUT2D eigenvalue weighted by Crippen LogP contribution is 2.15. The van der Waals surface area contributed by atoms with Gasteiger partial charge in [0, 0.05) is 10.9 Å². The van der Waals surface area contributed by atoms with E-state index < -0.39 is 0 Å². The molecule has 0 saturated carbocycles. The molecule has 0 bridgehead atoms. The molecule has 0 aliphatic carbocycles. The van der Waals surface area contributed by atoms with Crippen molar-refractivity contribution in [2.24, 2.45) is 0 Å². The minimum absolute atomic E-state index is 0.519. The van der Waals surface area contributed by atoms with Crippen LogP contribution in [0.1, 0.15) is 5.56 Å². The van der Waals surface area contributed by atoms with E-state index in [0.29, 0.717) is 5.88 Å². The van der Waals surface area contributed by atoms with Crippen LogP contribution in [0, 0.1) is 0 Å². The molecule has 0 unspecified atom stereocenters. The second-order valence-electron chi connectivity index (χ2n) is 2.08. The van der Waals surface area contributed by atoms with Crippen LogP contribution in [0.5, 0.6) is 0 Å². The van der Waals surface area contributed by atoms with E-state index in [-0.39, 0.29) is 0 Å². The van der Waals surface area contributed by atoms with E-state index in [2.05, 4.69) is 0 Å². The predicted molar refractivity (Wildman–Crippen MR) is 51.2 cm³/mol. The zero-order valence-electron chi connectivity index (χ0n) is 5.93. The Kier molecular flexibility index (Phi) is 3.47. The Morgan fingerprint density at radius 1 is 1.27 bits per heavy atom. The van der Waals surface area contributed by atoms with Crippen molar-refractivity contribution < 1.29 is 0 Å². The van der Waals surface area contributed by atoms with E-state index in [1.807, 2.05) is 36.4 Å². The minimum Gasteiger partial charge on any atom is -0.122 e. The lowest BCUT2D eigenvalue weighted by molar-refractivity contribution is 1.64. The molecule has 0 heterocycles. The molecule has 0 saturated heterocycles. The summed E-state index contributed by atoms with van der Waals surface area (Å²) in [6, 6.07) is 7.65. The maximum atomic E-state index is 5.87. The van der Waals surface area contributed by atoms with Gasteiger partial charge < -0.3 is 0 Å². The first kappa shape index (κ1) is 8.63. The number of halogens is 2. The van der Waals surface area contributed by atoms with Gasteiger partial charge in [-0.3, -0.25) is 0 Å². The zero-order valence-corrected chi connectivity index (χ0v) is 7.44. The third-order valence-electron chi connectivity index (χ3n) is 1.29. The van der Waals surface area contributed by atoms with E-state index in [4.69, 9.17) is 23.2 Å². The molecular weight excluding hydrogens is 179 g/mol. The van der Waals surface area contributed by atoms with Gasteiger partial charge in [-0.15, -0.1) is 11.6 Å². The normalized spacial score (nSPS) is 10.7. The number of rotatable bonds is 2. The molecule has 0 spiro atoms. The lowest BCUT2D eigenvalue weighted by atomic mass is 10.2. The number of hydrogen-bond acceptors (Lipinski definition) is 0. The zero-order chi connectivity index (χ0) is 8.10. The molecule has 0 aliphatic rings. The maximum Gasteiger partial charge on any atom is 0.0478 e. The maximum absolute atomic E-state index is 5.87. The van der Waals surface area contributed by atoms with E-state index in [1.54, 1.807) is 0 Å². The van der Waals surface area contributed by atoms with Crippen LogP contribution in [-0.4, -0.2) is 5.88 Å². The van der Waals surface area contributed by atoms with Gasteiger partial charge >= 0.3 is 0 Å². The Morgan fingerprint density at radius 2 is 2.00 bits per heavy atom. The van der Waals surface area contributed by atoms with E-state index in [0.717, 1.165) is 10.6 Å². The summed E-state index contributed by atoms with van der Waals surface area (Å²) >= 11 is 11.3. The highest BCUT2D eigenvalue weighted by atomic mass is 35.5. The summed E-state index contributed by atoms with van der Waals surface area (Å²) in [6.07, 6.45) is 3.78. The molecule has 0 atom stereocenters. The molecule has 2 heteroatoms. The summed E-state index contributed by atoms with van der Waals surface area (Å²) in [4.78, 5) is 0. The molecule has 0 fully saturated rings. The average Bonchev–Trinajstić information content (AvgIpc) is 2.03. The molecule has 0 amide bonds. The largest absolute Gasteiger partial charge is 0.122 e. The number of hydrogen-bond donors (Lipinski definition) is 0. The summed E-state index contributed by atoms with van der Waals surface area (Å²) < 4.78 is 0. The van der Waals surface area contributed by atoms with Crippen molar-refractivity contribution in [2.45, 2.75) is 0 Å². The smallest absolute Gasteiger partial charge is 0.0478 e. The van der Waals surface area contributed by atoms with Gasteiger partial charge in [0.2, 0.25) is 0 Å². The van der Waals surface area contributed by atoms with E-state index in [9.17, 15) is 0 Å². The standard InChI is InChI=1S/C9H8Cl2/c10-7-3-5-8-4-1-2-6-9(8)11/h1-6H,7H2/b5-3-. The van der Waals surface area contributed by atoms with Crippen LogP contribution in [0.4, 0.5) is 0 Å². The second-order valence-corrected chi connectivity index (χ2v) is 2.79. The first-order chi connectivity index (χ1) is 5.34. The number of allylic oxidation sites excluding steroid dienone is 1. The summed E-state index contributed by atoms with van der Waals surface area (Å²) in [5, 5.41) is 0.758. The molecule has 58 valence electrons. The van der Waals surface area contributed by atoms with Crippen molar-refractivity contribution in [2.75, 3.05) is 5.88 Å². The monoisotopic (exact) mass is 186 g/mol. The number of benzene rings is 1. The van der Waals surface area contributed by atoms with Crippen LogP contribution in [0.25, 0.3) is 6.08 Å². The van der Waals surface area contributed by atoms with Gasteiger partial charge in [-0.05, 0) is 11.6 Å². The van der Waals surface area contributed by atoms with Crippen molar-refractivity contribution in [3.63, 3.8) is 0 Å². The first-order valence-corrected chi connectivity index (χ1v) is 4.23. The Balaban J connectivity index is 2.86. The van der Waals surface area contributed by atoms with Crippen LogP contribution in [0.15, 0.2) is 30.3 Å². The molecule has 0 N–H and O–H groups in total. The number of alkyl halides is 1. The Labute approximate surface area is 76.4 Å². The van der Waals surface area contributed by atoms with Crippen molar-refractivity contribution >= 4 is 29.3 Å². The Bertz CT molecular complexity index is 253. The lowest BCUT2D eigenvalue weighted by Gasteiger charge is -1.94. The van der Waals surface area contributed by atoms with Crippen molar-refractivity contribution in [1.82, 2.24) is 0 Å². The van der Waals surface area contributed by atoms with Gasteiger partial charge in [-0.2, -0.15) is 0 Å². The fraction of sp³-hybridized carbons (Fsp3) is 0.111. The molecule has 0 radical (unpaired) electrons. The molecule has 0 nitrogen and oxygen atoms in total. The molecule has 11 heavy (non-hydrogen) atoms. The van der Waals surface area contributed by atoms with Gasteiger partial charge in [0.05, 0.1) is 0 Å². The van der Waals surface area contributed by atoms with Gasteiger partial charge in [0.1, 0.15) is 0 Å². The lowest BCUT2D eigenvalue weighted by Crippen LogP contribution is -1.72. The van der Waals surface area contributed by atoms with Crippen LogP contribution in [-0.2, 0) is 0 Å². The quantitative estimate of drug-likeness (QED) is 0.620. The minimum atomic E-state index is 0.519. The molecule has 1 aromatic rings. The highest BCUT2D eigenvalue weighted by Gasteiger charge is 1.91.